The molecule has 3 rings (SSSR count). The minimum Gasteiger partial charge on any atom is -0.272 e. The fourth-order valence-electron chi connectivity index (χ4n) is 3.76. The average molecular weight is 469 g/mol. The molecule has 1 aromatic heterocycles. The number of hydrogen-bond donors (Lipinski definition) is 0. The summed E-state index contributed by atoms with van der Waals surface area (Å²) in [5, 5.41) is 13.6. The molecular weight excluding hydrogens is 440 g/mol. The summed E-state index contributed by atoms with van der Waals surface area (Å²) in [6.07, 6.45) is 0. The van der Waals surface area contributed by atoms with Gasteiger partial charge in [-0.05, 0) is 100 Å². The van der Waals surface area contributed by atoms with E-state index in [1.54, 1.807) is 23.9 Å². The van der Waals surface area contributed by atoms with E-state index in [1.165, 1.54) is 38.1 Å². The van der Waals surface area contributed by atoms with Crippen LogP contribution in [0.2, 0.25) is 5.02 Å². The van der Waals surface area contributed by atoms with Crippen molar-refractivity contribution in [1.82, 2.24) is 9.78 Å². The van der Waals surface area contributed by atoms with E-state index in [2.05, 4.69) is 49.9 Å². The molecule has 0 spiro atoms. The Morgan fingerprint density at radius 2 is 1.59 bits per heavy atom. The normalized spacial score (nSPS) is 11.5. The second kappa shape index (κ2) is 10.0. The first-order chi connectivity index (χ1) is 15.1. The lowest BCUT2D eigenvalue weighted by atomic mass is 9.90. The summed E-state index contributed by atoms with van der Waals surface area (Å²) in [6.45, 7) is 14.5. The van der Waals surface area contributed by atoms with E-state index >= 15 is 0 Å². The van der Waals surface area contributed by atoms with Crippen LogP contribution < -0.4 is 0 Å². The Kier molecular flexibility index (Phi) is 7.57. The highest BCUT2D eigenvalue weighted by molar-refractivity contribution is 7.99. The van der Waals surface area contributed by atoms with Crippen molar-refractivity contribution in [3.63, 3.8) is 0 Å². The number of nitrogens with zero attached hydrogens (tertiary/aromatic N) is 4. The number of thioether (sulfide) groups is 1. The Bertz CT molecular complexity index is 1180. The maximum atomic E-state index is 12.9. The minimum atomic E-state index is -0.0596. The van der Waals surface area contributed by atoms with E-state index in [0.717, 1.165) is 5.75 Å². The first-order valence-electron chi connectivity index (χ1n) is 10.5. The maximum Gasteiger partial charge on any atom is 0.257 e. The largest absolute Gasteiger partial charge is 0.272 e. The number of rotatable bonds is 6. The number of aryl methyl sites for hydroxylation is 1. The summed E-state index contributed by atoms with van der Waals surface area (Å²) < 4.78 is 1.44. The third kappa shape index (κ3) is 4.97. The van der Waals surface area contributed by atoms with Gasteiger partial charge in [0.05, 0.1) is 22.8 Å². The van der Waals surface area contributed by atoms with Gasteiger partial charge in [0.25, 0.3) is 5.91 Å². The van der Waals surface area contributed by atoms with E-state index in [0.29, 0.717) is 33.5 Å². The van der Waals surface area contributed by atoms with Gasteiger partial charge in [0.1, 0.15) is 5.69 Å². The van der Waals surface area contributed by atoms with Crippen LogP contribution in [0.5, 0.6) is 0 Å². The Morgan fingerprint density at radius 1 is 0.969 bits per heavy atom. The van der Waals surface area contributed by atoms with Gasteiger partial charge in [-0.3, -0.25) is 4.79 Å². The number of aromatic nitrogens is 2. The van der Waals surface area contributed by atoms with Gasteiger partial charge in [0, 0.05) is 10.8 Å². The van der Waals surface area contributed by atoms with Crippen LogP contribution in [0.4, 0.5) is 11.4 Å². The highest BCUT2D eigenvalue weighted by atomic mass is 35.5. The van der Waals surface area contributed by atoms with Gasteiger partial charge in [0.15, 0.2) is 0 Å². The Morgan fingerprint density at radius 3 is 2.22 bits per heavy atom. The zero-order valence-electron chi connectivity index (χ0n) is 19.7. The SMILES string of the molecule is Cc1nn(C(=O)CSCc2c(C)c(C)c(C)c(C)c2C)c(C)c1N=Nc1cccc(Cl)c1. The molecule has 3 aromatic rings. The predicted octanol–water partition coefficient (Wildman–Crippen LogP) is 7.68. The molecule has 0 aliphatic carbocycles. The maximum absolute atomic E-state index is 12.9. The Hall–Kier alpha value is -2.44. The van der Waals surface area contributed by atoms with Gasteiger partial charge in [-0.1, -0.05) is 17.7 Å². The van der Waals surface area contributed by atoms with Crippen molar-refractivity contribution in [2.75, 3.05) is 5.75 Å². The lowest BCUT2D eigenvalue weighted by Crippen LogP contribution is -2.16. The second-order valence-corrected chi connectivity index (χ2v) is 9.52. The molecule has 5 nitrogen and oxygen atoms in total. The van der Waals surface area contributed by atoms with E-state index in [-0.39, 0.29) is 5.91 Å². The van der Waals surface area contributed by atoms with Crippen LogP contribution in [0.1, 0.15) is 49.6 Å². The predicted molar refractivity (Wildman–Crippen MR) is 134 cm³/mol. The van der Waals surface area contributed by atoms with Gasteiger partial charge in [0.2, 0.25) is 0 Å². The lowest BCUT2D eigenvalue weighted by molar-refractivity contribution is 0.0924. The molecule has 0 saturated heterocycles. The van der Waals surface area contributed by atoms with Crippen molar-refractivity contribution in [2.24, 2.45) is 10.2 Å². The standard InChI is InChI=1S/C25H29ClN4OS/c1-14-15(2)17(4)23(18(5)16(14)3)12-32-13-24(31)30-20(7)25(19(6)29-30)28-27-22-10-8-9-21(26)11-22/h8-11H,12-13H2,1-7H3. The molecule has 0 saturated carbocycles. The molecule has 1 heterocycles. The van der Waals surface area contributed by atoms with Crippen LogP contribution in [0.15, 0.2) is 34.5 Å². The molecule has 32 heavy (non-hydrogen) atoms. The van der Waals surface area contributed by atoms with Crippen LogP contribution in [0.25, 0.3) is 0 Å². The number of halogens is 1. The highest BCUT2D eigenvalue weighted by Crippen LogP contribution is 2.30. The summed E-state index contributed by atoms with van der Waals surface area (Å²) in [5.41, 5.74) is 10.6. The van der Waals surface area contributed by atoms with Gasteiger partial charge >= 0.3 is 0 Å². The monoisotopic (exact) mass is 468 g/mol. The molecule has 7 heteroatoms. The summed E-state index contributed by atoms with van der Waals surface area (Å²) in [6, 6.07) is 7.17. The minimum absolute atomic E-state index is 0.0596. The molecule has 168 valence electrons. The van der Waals surface area contributed by atoms with Crippen molar-refractivity contribution in [1.29, 1.82) is 0 Å². The molecule has 0 atom stereocenters. The van der Waals surface area contributed by atoms with Crippen molar-refractivity contribution < 1.29 is 4.79 Å². The average Bonchev–Trinajstić information content (AvgIpc) is 3.05. The Balaban J connectivity index is 1.73. The highest BCUT2D eigenvalue weighted by Gasteiger charge is 2.18. The smallest absolute Gasteiger partial charge is 0.257 e. The second-order valence-electron chi connectivity index (χ2n) is 8.10. The summed E-state index contributed by atoms with van der Waals surface area (Å²) >= 11 is 7.62. The van der Waals surface area contributed by atoms with Gasteiger partial charge < -0.3 is 0 Å². The third-order valence-electron chi connectivity index (χ3n) is 6.19. The molecule has 0 bridgehead atoms. The molecule has 0 fully saturated rings. The molecule has 0 N–H and O–H groups in total. The first-order valence-corrected chi connectivity index (χ1v) is 12.0. The van der Waals surface area contributed by atoms with E-state index in [9.17, 15) is 4.79 Å². The molecule has 0 aliphatic heterocycles. The molecule has 0 unspecified atom stereocenters. The van der Waals surface area contributed by atoms with E-state index < -0.39 is 0 Å². The number of carbonyl (C=O) groups is 1. The van der Waals surface area contributed by atoms with Crippen LogP contribution in [0.3, 0.4) is 0 Å². The molecule has 0 amide bonds. The molecule has 0 radical (unpaired) electrons. The fraction of sp³-hybridized carbons (Fsp3) is 0.360. The molecular formula is C25H29ClN4OS. The zero-order valence-corrected chi connectivity index (χ0v) is 21.3. The number of hydrogen-bond acceptors (Lipinski definition) is 5. The number of carbonyl (C=O) groups excluding carboxylic acids is 1. The summed E-state index contributed by atoms with van der Waals surface area (Å²) in [5.74, 6) is 1.08. The van der Waals surface area contributed by atoms with Crippen LogP contribution >= 0.6 is 23.4 Å². The van der Waals surface area contributed by atoms with Crippen LogP contribution in [-0.4, -0.2) is 21.4 Å². The van der Waals surface area contributed by atoms with Crippen LogP contribution in [0, 0.1) is 48.5 Å². The van der Waals surface area contributed by atoms with Gasteiger partial charge in [-0.15, -0.1) is 16.9 Å². The van der Waals surface area contributed by atoms with Gasteiger partial charge in [-0.2, -0.15) is 10.2 Å². The quantitative estimate of drug-likeness (QED) is 0.348. The first kappa shape index (κ1) is 24.2. The zero-order chi connectivity index (χ0) is 23.6. The third-order valence-corrected chi connectivity index (χ3v) is 7.37. The molecule has 0 aliphatic rings. The van der Waals surface area contributed by atoms with Crippen molar-refractivity contribution in [3.05, 3.63) is 74.1 Å². The van der Waals surface area contributed by atoms with E-state index in [1.807, 2.05) is 26.0 Å². The number of azo groups is 1. The van der Waals surface area contributed by atoms with Crippen molar-refractivity contribution >= 4 is 40.6 Å². The Labute approximate surface area is 199 Å². The lowest BCUT2D eigenvalue weighted by Gasteiger charge is -2.18. The summed E-state index contributed by atoms with van der Waals surface area (Å²) in [7, 11) is 0. The van der Waals surface area contributed by atoms with Crippen molar-refractivity contribution in [2.45, 2.75) is 54.2 Å². The molecule has 2 aromatic carbocycles. The van der Waals surface area contributed by atoms with Gasteiger partial charge in [-0.25, -0.2) is 4.68 Å². The number of benzene rings is 2. The van der Waals surface area contributed by atoms with Crippen molar-refractivity contribution in [3.8, 4) is 0 Å². The van der Waals surface area contributed by atoms with E-state index in [4.69, 9.17) is 11.6 Å². The topological polar surface area (TPSA) is 59.6 Å². The van der Waals surface area contributed by atoms with Crippen LogP contribution in [-0.2, 0) is 5.75 Å². The fourth-order valence-corrected chi connectivity index (χ4v) is 4.98. The summed E-state index contributed by atoms with van der Waals surface area (Å²) in [4.78, 5) is 12.9.